The average molecular weight is 317 g/mol. The van der Waals surface area contributed by atoms with Crippen molar-refractivity contribution >= 4 is 11.9 Å². The van der Waals surface area contributed by atoms with Gasteiger partial charge >= 0.3 is 6.01 Å². The molecule has 0 saturated heterocycles. The van der Waals surface area contributed by atoms with E-state index in [0.717, 1.165) is 12.8 Å². The number of nitrogens with one attached hydrogen (secondary N) is 1. The third-order valence-electron chi connectivity index (χ3n) is 3.39. The fourth-order valence-corrected chi connectivity index (χ4v) is 2.13. The first-order valence-electron chi connectivity index (χ1n) is 7.75. The van der Waals surface area contributed by atoms with Gasteiger partial charge in [0.15, 0.2) is 11.5 Å². The first kappa shape index (κ1) is 15.3. The molecule has 3 rings (SSSR count). The van der Waals surface area contributed by atoms with Crippen LogP contribution in [0.2, 0.25) is 0 Å². The summed E-state index contributed by atoms with van der Waals surface area (Å²) in [4.78, 5) is 11.7. The number of nitrogens with zero attached hydrogens (tertiary/aromatic N) is 2. The summed E-state index contributed by atoms with van der Waals surface area (Å²) in [6.07, 6.45) is 1.84. The lowest BCUT2D eigenvalue weighted by atomic mass is 10.2. The van der Waals surface area contributed by atoms with Crippen LogP contribution in [0.1, 0.15) is 26.7 Å². The molecule has 23 heavy (non-hydrogen) atoms. The maximum atomic E-state index is 11.7. The highest BCUT2D eigenvalue weighted by molar-refractivity contribution is 5.92. The number of anilines is 1. The third kappa shape index (κ3) is 3.61. The molecule has 1 saturated carbocycles. The number of carbonyl (C=O) groups excluding carboxylic acids is 1. The van der Waals surface area contributed by atoms with Crippen molar-refractivity contribution in [1.82, 2.24) is 10.2 Å². The second kappa shape index (κ2) is 6.68. The minimum Gasteiger partial charge on any atom is -0.490 e. The zero-order chi connectivity index (χ0) is 16.2. The Morgan fingerprint density at radius 3 is 2.65 bits per heavy atom. The van der Waals surface area contributed by atoms with E-state index in [0.29, 0.717) is 36.2 Å². The molecule has 0 unspecified atom stereocenters. The lowest BCUT2D eigenvalue weighted by Gasteiger charge is -2.11. The quantitative estimate of drug-likeness (QED) is 0.845. The Morgan fingerprint density at radius 1 is 1.22 bits per heavy atom. The molecule has 0 spiro atoms. The van der Waals surface area contributed by atoms with Gasteiger partial charge < -0.3 is 13.9 Å². The lowest BCUT2D eigenvalue weighted by molar-refractivity contribution is -0.117. The summed E-state index contributed by atoms with van der Waals surface area (Å²) in [5.41, 5.74) is 0.705. The van der Waals surface area contributed by atoms with Crippen LogP contribution in [0.15, 0.2) is 22.6 Å². The van der Waals surface area contributed by atoms with Gasteiger partial charge in [-0.1, -0.05) is 5.10 Å². The van der Waals surface area contributed by atoms with E-state index < -0.39 is 0 Å². The molecule has 7 nitrogen and oxygen atoms in total. The first-order valence-corrected chi connectivity index (χ1v) is 7.75. The smallest absolute Gasteiger partial charge is 0.322 e. The van der Waals surface area contributed by atoms with Gasteiger partial charge in [0.2, 0.25) is 11.8 Å². The fourth-order valence-electron chi connectivity index (χ4n) is 2.13. The Bertz CT molecular complexity index is 694. The van der Waals surface area contributed by atoms with Crippen molar-refractivity contribution in [2.75, 3.05) is 18.5 Å². The highest BCUT2D eigenvalue weighted by Gasteiger charge is 2.30. The van der Waals surface area contributed by atoms with E-state index in [1.54, 1.807) is 12.1 Å². The van der Waals surface area contributed by atoms with Gasteiger partial charge in [0.25, 0.3) is 0 Å². The van der Waals surface area contributed by atoms with Gasteiger partial charge in [-0.15, -0.1) is 5.10 Å². The monoisotopic (exact) mass is 317 g/mol. The molecule has 0 radical (unpaired) electrons. The van der Waals surface area contributed by atoms with Crippen LogP contribution in [-0.2, 0) is 4.79 Å². The number of ether oxygens (including phenoxy) is 2. The molecule has 0 atom stereocenters. The minimum absolute atomic E-state index is 0.0677. The van der Waals surface area contributed by atoms with Crippen molar-refractivity contribution in [2.24, 2.45) is 5.92 Å². The Morgan fingerprint density at radius 2 is 1.96 bits per heavy atom. The predicted octanol–water partition coefficient (Wildman–Crippen LogP) is 2.88. The van der Waals surface area contributed by atoms with Crippen LogP contribution in [0, 0.1) is 5.92 Å². The van der Waals surface area contributed by atoms with Crippen LogP contribution in [0.5, 0.6) is 11.5 Å². The van der Waals surface area contributed by atoms with Gasteiger partial charge in [0, 0.05) is 11.5 Å². The van der Waals surface area contributed by atoms with Crippen molar-refractivity contribution in [3.63, 3.8) is 0 Å². The van der Waals surface area contributed by atoms with Crippen LogP contribution in [-0.4, -0.2) is 29.3 Å². The number of amides is 1. The molecule has 0 aliphatic heterocycles. The van der Waals surface area contributed by atoms with E-state index in [1.807, 2.05) is 19.9 Å². The Kier molecular flexibility index (Phi) is 4.45. The van der Waals surface area contributed by atoms with Gasteiger partial charge in [-0.3, -0.25) is 10.1 Å². The zero-order valence-corrected chi connectivity index (χ0v) is 13.2. The summed E-state index contributed by atoms with van der Waals surface area (Å²) < 4.78 is 16.6. The van der Waals surface area contributed by atoms with E-state index in [9.17, 15) is 4.79 Å². The van der Waals surface area contributed by atoms with Crippen molar-refractivity contribution < 1.29 is 18.7 Å². The van der Waals surface area contributed by atoms with E-state index in [2.05, 4.69) is 15.5 Å². The second-order valence-corrected chi connectivity index (χ2v) is 5.20. The van der Waals surface area contributed by atoms with E-state index in [1.165, 1.54) is 0 Å². The highest BCUT2D eigenvalue weighted by Crippen LogP contribution is 2.33. The average Bonchev–Trinajstić information content (AvgIpc) is 3.30. The summed E-state index contributed by atoms with van der Waals surface area (Å²) in [5, 5.41) is 10.5. The van der Waals surface area contributed by atoms with Crippen LogP contribution in [0.25, 0.3) is 11.5 Å². The molecule has 1 amide bonds. The number of hydrogen-bond donors (Lipinski definition) is 1. The maximum Gasteiger partial charge on any atom is 0.322 e. The molecule has 1 aliphatic carbocycles. The Balaban J connectivity index is 1.79. The molecule has 122 valence electrons. The molecule has 0 bridgehead atoms. The number of rotatable bonds is 7. The van der Waals surface area contributed by atoms with Crippen molar-refractivity contribution in [3.8, 4) is 23.0 Å². The van der Waals surface area contributed by atoms with Crippen LogP contribution >= 0.6 is 0 Å². The molecule has 1 aliphatic rings. The van der Waals surface area contributed by atoms with E-state index >= 15 is 0 Å². The topological polar surface area (TPSA) is 86.5 Å². The van der Waals surface area contributed by atoms with Gasteiger partial charge in [-0.05, 0) is 44.9 Å². The molecule has 1 aromatic heterocycles. The minimum atomic E-state index is -0.0677. The lowest BCUT2D eigenvalue weighted by Crippen LogP contribution is -2.13. The molecule has 1 fully saturated rings. The number of hydrogen-bond acceptors (Lipinski definition) is 6. The third-order valence-corrected chi connectivity index (χ3v) is 3.39. The SMILES string of the molecule is CCOc1ccc(-c2nnc(NC(=O)C3CC3)o2)cc1OCC. The predicted molar refractivity (Wildman–Crippen MR) is 83.4 cm³/mol. The first-order chi connectivity index (χ1) is 11.2. The number of aromatic nitrogens is 2. The molecule has 1 N–H and O–H groups in total. The molecule has 1 heterocycles. The van der Waals surface area contributed by atoms with E-state index in [4.69, 9.17) is 13.9 Å². The summed E-state index contributed by atoms with van der Waals surface area (Å²) in [6.45, 7) is 4.89. The normalized spacial score (nSPS) is 13.7. The number of benzene rings is 1. The van der Waals surface area contributed by atoms with Gasteiger partial charge in [0.05, 0.1) is 13.2 Å². The molecular formula is C16H19N3O4. The van der Waals surface area contributed by atoms with Crippen molar-refractivity contribution in [2.45, 2.75) is 26.7 Å². The Hall–Kier alpha value is -2.57. The molecular weight excluding hydrogens is 298 g/mol. The summed E-state index contributed by atoms with van der Waals surface area (Å²) in [5.74, 6) is 1.62. The molecule has 7 heteroatoms. The largest absolute Gasteiger partial charge is 0.490 e. The van der Waals surface area contributed by atoms with Crippen molar-refractivity contribution in [3.05, 3.63) is 18.2 Å². The van der Waals surface area contributed by atoms with E-state index in [-0.39, 0.29) is 17.8 Å². The molecule has 2 aromatic rings. The summed E-state index contributed by atoms with van der Waals surface area (Å²) >= 11 is 0. The Labute approximate surface area is 134 Å². The maximum absolute atomic E-state index is 11.7. The molecule has 1 aromatic carbocycles. The van der Waals surface area contributed by atoms with Crippen LogP contribution < -0.4 is 14.8 Å². The summed E-state index contributed by atoms with van der Waals surface area (Å²) in [6, 6.07) is 5.52. The van der Waals surface area contributed by atoms with Gasteiger partial charge in [-0.25, -0.2) is 0 Å². The number of carbonyl (C=O) groups is 1. The highest BCUT2D eigenvalue weighted by atomic mass is 16.5. The standard InChI is InChI=1S/C16H19N3O4/c1-3-21-12-8-7-11(9-13(12)22-4-2)15-18-19-16(23-15)17-14(20)10-5-6-10/h7-10H,3-6H2,1-2H3,(H,17,19,20). The van der Waals surface area contributed by atoms with Gasteiger partial charge in [-0.2, -0.15) is 0 Å². The van der Waals surface area contributed by atoms with Crippen LogP contribution in [0.4, 0.5) is 6.01 Å². The zero-order valence-electron chi connectivity index (χ0n) is 13.2. The second-order valence-electron chi connectivity index (χ2n) is 5.20. The van der Waals surface area contributed by atoms with Gasteiger partial charge in [0.1, 0.15) is 0 Å². The summed E-state index contributed by atoms with van der Waals surface area (Å²) in [7, 11) is 0. The van der Waals surface area contributed by atoms with Crippen LogP contribution in [0.3, 0.4) is 0 Å². The van der Waals surface area contributed by atoms with Crippen molar-refractivity contribution in [1.29, 1.82) is 0 Å². The fraction of sp³-hybridized carbons (Fsp3) is 0.438.